The van der Waals surface area contributed by atoms with Crippen LogP contribution >= 0.6 is 11.6 Å². The number of hydrogen-bond acceptors (Lipinski definition) is 3. The third kappa shape index (κ3) is 4.78. The van der Waals surface area contributed by atoms with Crippen LogP contribution in [0.4, 0.5) is 4.79 Å². The number of carbonyl (C=O) groups is 1. The lowest BCUT2D eigenvalue weighted by Gasteiger charge is -2.18. The van der Waals surface area contributed by atoms with E-state index in [1.165, 1.54) is 0 Å². The SMILES string of the molecule is CN(Cc1cn(-c2ccccc2)nc1-c1ccc(Cl)cc1)C(=O)NCc1ccnn1C. The van der Waals surface area contributed by atoms with Crippen molar-refractivity contribution in [3.8, 4) is 16.9 Å². The zero-order valence-corrected chi connectivity index (χ0v) is 18.1. The summed E-state index contributed by atoms with van der Waals surface area (Å²) in [6.07, 6.45) is 3.67. The van der Waals surface area contributed by atoms with E-state index in [1.54, 1.807) is 22.8 Å². The van der Waals surface area contributed by atoms with Gasteiger partial charge in [0.15, 0.2) is 0 Å². The van der Waals surface area contributed by atoms with Crippen LogP contribution in [0.25, 0.3) is 16.9 Å². The van der Waals surface area contributed by atoms with E-state index in [4.69, 9.17) is 16.7 Å². The molecule has 0 spiro atoms. The van der Waals surface area contributed by atoms with Gasteiger partial charge in [-0.1, -0.05) is 41.9 Å². The zero-order chi connectivity index (χ0) is 21.8. The lowest BCUT2D eigenvalue weighted by molar-refractivity contribution is 0.206. The van der Waals surface area contributed by atoms with E-state index in [2.05, 4.69) is 10.4 Å². The molecule has 31 heavy (non-hydrogen) atoms. The zero-order valence-electron chi connectivity index (χ0n) is 17.4. The first-order chi connectivity index (χ1) is 15.0. The van der Waals surface area contributed by atoms with E-state index in [1.807, 2.05) is 78.6 Å². The summed E-state index contributed by atoms with van der Waals surface area (Å²) in [5, 5.41) is 12.5. The number of aromatic nitrogens is 4. The van der Waals surface area contributed by atoms with E-state index < -0.39 is 0 Å². The molecule has 0 saturated heterocycles. The largest absolute Gasteiger partial charge is 0.332 e. The monoisotopic (exact) mass is 434 g/mol. The van der Waals surface area contributed by atoms with Gasteiger partial charge in [-0.3, -0.25) is 4.68 Å². The molecule has 2 aromatic heterocycles. The predicted octanol–water partition coefficient (Wildman–Crippen LogP) is 4.27. The van der Waals surface area contributed by atoms with Crippen molar-refractivity contribution in [1.29, 1.82) is 0 Å². The molecule has 0 atom stereocenters. The molecule has 2 heterocycles. The number of amides is 2. The summed E-state index contributed by atoms with van der Waals surface area (Å²) in [7, 11) is 3.62. The van der Waals surface area contributed by atoms with Gasteiger partial charge in [-0.25, -0.2) is 9.48 Å². The van der Waals surface area contributed by atoms with Gasteiger partial charge in [0, 0.05) is 42.6 Å². The quantitative estimate of drug-likeness (QED) is 0.492. The lowest BCUT2D eigenvalue weighted by atomic mass is 10.1. The number of halogens is 1. The summed E-state index contributed by atoms with van der Waals surface area (Å²) in [5.41, 5.74) is 4.57. The molecular weight excluding hydrogens is 412 g/mol. The lowest BCUT2D eigenvalue weighted by Crippen LogP contribution is -2.36. The van der Waals surface area contributed by atoms with Gasteiger partial charge in [-0.15, -0.1) is 0 Å². The van der Waals surface area contributed by atoms with Gasteiger partial charge in [0.2, 0.25) is 0 Å². The number of carbonyl (C=O) groups excluding carboxylic acids is 1. The number of hydrogen-bond donors (Lipinski definition) is 1. The van der Waals surface area contributed by atoms with Crippen molar-refractivity contribution < 1.29 is 4.79 Å². The van der Waals surface area contributed by atoms with Crippen molar-refractivity contribution in [2.45, 2.75) is 13.1 Å². The fourth-order valence-electron chi connectivity index (χ4n) is 3.29. The number of nitrogens with one attached hydrogen (secondary N) is 1. The molecule has 0 saturated carbocycles. The summed E-state index contributed by atoms with van der Waals surface area (Å²) in [5.74, 6) is 0. The average molecular weight is 435 g/mol. The molecule has 1 N–H and O–H groups in total. The van der Waals surface area contributed by atoms with Crippen LogP contribution in [0.15, 0.2) is 73.1 Å². The third-order valence-electron chi connectivity index (χ3n) is 5.03. The molecule has 2 aromatic carbocycles. The molecule has 0 fully saturated rings. The average Bonchev–Trinajstić information content (AvgIpc) is 3.39. The van der Waals surface area contributed by atoms with Gasteiger partial charge in [-0.2, -0.15) is 10.2 Å². The van der Waals surface area contributed by atoms with E-state index in [0.29, 0.717) is 18.1 Å². The normalized spacial score (nSPS) is 10.8. The number of urea groups is 1. The molecule has 4 aromatic rings. The van der Waals surface area contributed by atoms with E-state index in [-0.39, 0.29) is 6.03 Å². The van der Waals surface area contributed by atoms with E-state index in [9.17, 15) is 4.79 Å². The Kier molecular flexibility index (Phi) is 6.04. The topological polar surface area (TPSA) is 68.0 Å². The minimum Gasteiger partial charge on any atom is -0.332 e. The van der Waals surface area contributed by atoms with Crippen LogP contribution in [0, 0.1) is 0 Å². The standard InChI is InChI=1S/C23H23ClN6O/c1-28(23(31)25-14-21-12-13-26-29(21)2)15-18-16-30(20-6-4-3-5-7-20)27-22(18)17-8-10-19(24)11-9-17/h3-13,16H,14-15H2,1-2H3,(H,25,31). The minimum atomic E-state index is -0.171. The first-order valence-electron chi connectivity index (χ1n) is 9.87. The van der Waals surface area contributed by atoms with E-state index in [0.717, 1.165) is 28.2 Å². The van der Waals surface area contributed by atoms with Crippen LogP contribution in [0.2, 0.25) is 5.02 Å². The molecule has 0 aliphatic carbocycles. The van der Waals surface area contributed by atoms with E-state index >= 15 is 0 Å². The number of para-hydroxylation sites is 1. The minimum absolute atomic E-state index is 0.171. The van der Waals surface area contributed by atoms with Crippen LogP contribution < -0.4 is 5.32 Å². The van der Waals surface area contributed by atoms with Gasteiger partial charge >= 0.3 is 6.03 Å². The third-order valence-corrected chi connectivity index (χ3v) is 5.28. The van der Waals surface area contributed by atoms with Gasteiger partial charge in [-0.05, 0) is 30.3 Å². The van der Waals surface area contributed by atoms with Crippen molar-refractivity contribution >= 4 is 17.6 Å². The molecule has 0 unspecified atom stereocenters. The summed E-state index contributed by atoms with van der Waals surface area (Å²) in [4.78, 5) is 14.3. The second-order valence-electron chi connectivity index (χ2n) is 7.25. The highest BCUT2D eigenvalue weighted by molar-refractivity contribution is 6.30. The molecule has 8 heteroatoms. The number of nitrogens with zero attached hydrogens (tertiary/aromatic N) is 5. The Morgan fingerprint density at radius 3 is 2.52 bits per heavy atom. The second kappa shape index (κ2) is 9.06. The maximum atomic E-state index is 12.7. The van der Waals surface area contributed by atoms with Crippen molar-refractivity contribution in [1.82, 2.24) is 29.8 Å². The molecule has 7 nitrogen and oxygen atoms in total. The van der Waals surface area contributed by atoms with Crippen LogP contribution in [-0.4, -0.2) is 37.5 Å². The van der Waals surface area contributed by atoms with Gasteiger partial charge in [0.25, 0.3) is 0 Å². The van der Waals surface area contributed by atoms with Gasteiger partial charge in [0.1, 0.15) is 0 Å². The Morgan fingerprint density at radius 1 is 1.10 bits per heavy atom. The fraction of sp³-hybridized carbons (Fsp3) is 0.174. The first kappa shape index (κ1) is 20.7. The Bertz CT molecular complexity index is 1170. The summed E-state index contributed by atoms with van der Waals surface area (Å²) < 4.78 is 3.57. The summed E-state index contributed by atoms with van der Waals surface area (Å²) in [6.45, 7) is 0.814. The molecule has 0 radical (unpaired) electrons. The van der Waals surface area contributed by atoms with Crippen LogP contribution in [0.5, 0.6) is 0 Å². The van der Waals surface area contributed by atoms with Gasteiger partial charge < -0.3 is 10.2 Å². The van der Waals surface area contributed by atoms with Crippen molar-refractivity contribution in [3.05, 3.63) is 89.3 Å². The molecule has 0 aliphatic heterocycles. The Labute approximate surface area is 185 Å². The van der Waals surface area contributed by atoms with Gasteiger partial charge in [0.05, 0.1) is 30.2 Å². The number of aryl methyl sites for hydroxylation is 1. The highest BCUT2D eigenvalue weighted by Crippen LogP contribution is 2.26. The summed E-state index contributed by atoms with van der Waals surface area (Å²) >= 11 is 6.06. The second-order valence-corrected chi connectivity index (χ2v) is 7.69. The predicted molar refractivity (Wildman–Crippen MR) is 121 cm³/mol. The van der Waals surface area contributed by atoms with Crippen molar-refractivity contribution in [3.63, 3.8) is 0 Å². The number of benzene rings is 2. The maximum absolute atomic E-state index is 12.7. The Hall–Kier alpha value is -3.58. The van der Waals surface area contributed by atoms with Crippen LogP contribution in [0.1, 0.15) is 11.3 Å². The summed E-state index contributed by atoms with van der Waals surface area (Å²) in [6, 6.07) is 19.1. The number of rotatable bonds is 6. The molecule has 0 bridgehead atoms. The maximum Gasteiger partial charge on any atom is 0.317 e. The van der Waals surface area contributed by atoms with Crippen LogP contribution in [0.3, 0.4) is 0 Å². The molecule has 4 rings (SSSR count). The Morgan fingerprint density at radius 2 is 1.84 bits per heavy atom. The molecule has 2 amide bonds. The highest BCUT2D eigenvalue weighted by Gasteiger charge is 2.17. The molecule has 158 valence electrons. The van der Waals surface area contributed by atoms with Crippen molar-refractivity contribution in [2.75, 3.05) is 7.05 Å². The first-order valence-corrected chi connectivity index (χ1v) is 10.2. The fourth-order valence-corrected chi connectivity index (χ4v) is 3.42. The highest BCUT2D eigenvalue weighted by atomic mass is 35.5. The van der Waals surface area contributed by atoms with Crippen LogP contribution in [-0.2, 0) is 20.1 Å². The smallest absolute Gasteiger partial charge is 0.317 e. The van der Waals surface area contributed by atoms with Crippen molar-refractivity contribution in [2.24, 2.45) is 7.05 Å². The Balaban J connectivity index is 1.57. The molecular formula is C23H23ClN6O. The molecule has 0 aliphatic rings.